The zero-order valence-corrected chi connectivity index (χ0v) is 6.18. The molecule has 2 nitrogen and oxygen atoms in total. The van der Waals surface area contributed by atoms with Gasteiger partial charge in [0.1, 0.15) is 0 Å². The van der Waals surface area contributed by atoms with Gasteiger partial charge in [0.25, 0.3) is 0 Å². The van der Waals surface area contributed by atoms with Crippen LogP contribution in [0.3, 0.4) is 0 Å². The third kappa shape index (κ3) is 1.09. The fourth-order valence-electron chi connectivity index (χ4n) is 0.453. The Balaban J connectivity index is 3.00. The molecule has 0 saturated heterocycles. The number of nitrogens with one attached hydrogen (secondary N) is 1. The third-order valence-corrected chi connectivity index (χ3v) is 1.43. The van der Waals surface area contributed by atoms with Crippen LogP contribution in [-0.2, 0) is 0 Å². The van der Waals surface area contributed by atoms with Crippen LogP contribution in [-0.4, -0.2) is 11.3 Å². The number of aromatic nitrogens is 1. The molecular formula is C5H4INO. The number of aldehydes is 1. The maximum absolute atomic E-state index is 9.99. The topological polar surface area (TPSA) is 32.9 Å². The number of aromatic amines is 1. The van der Waals surface area contributed by atoms with E-state index in [0.717, 1.165) is 9.99 Å². The minimum Gasteiger partial charge on any atom is -0.348 e. The summed E-state index contributed by atoms with van der Waals surface area (Å²) in [5, 5.41) is 0. The molecule has 0 spiro atoms. The first kappa shape index (κ1) is 5.81. The first-order valence-electron chi connectivity index (χ1n) is 2.12. The van der Waals surface area contributed by atoms with Gasteiger partial charge in [-0.1, -0.05) is 0 Å². The van der Waals surface area contributed by atoms with Crippen molar-refractivity contribution in [3.8, 4) is 0 Å². The Morgan fingerprint density at radius 1 is 1.62 bits per heavy atom. The van der Waals surface area contributed by atoms with E-state index in [-0.39, 0.29) is 0 Å². The van der Waals surface area contributed by atoms with Gasteiger partial charge >= 0.3 is 0 Å². The molecule has 8 heavy (non-hydrogen) atoms. The van der Waals surface area contributed by atoms with Gasteiger partial charge in [-0.25, -0.2) is 0 Å². The molecule has 1 rings (SSSR count). The first-order chi connectivity index (χ1) is 3.83. The zero-order chi connectivity index (χ0) is 5.98. The van der Waals surface area contributed by atoms with Gasteiger partial charge < -0.3 is 4.98 Å². The Bertz CT molecular complexity index is 194. The number of carbonyl (C=O) groups is 1. The van der Waals surface area contributed by atoms with Gasteiger partial charge in [0.2, 0.25) is 0 Å². The lowest BCUT2D eigenvalue weighted by molar-refractivity contribution is 0.111. The van der Waals surface area contributed by atoms with Crippen molar-refractivity contribution in [2.45, 2.75) is 0 Å². The summed E-state index contributed by atoms with van der Waals surface area (Å²) >= 11 is 2.11. The summed E-state index contributed by atoms with van der Waals surface area (Å²) in [6.45, 7) is 0. The highest BCUT2D eigenvalue weighted by Crippen LogP contribution is 2.01. The standard InChI is InChI=1S/C5H4INO/c6-5-2-1-4(3-8)7-5/h1-3,7H. The molecule has 0 aromatic carbocycles. The average Bonchev–Trinajstić information content (AvgIpc) is 2.14. The molecule has 0 bridgehead atoms. The van der Waals surface area contributed by atoms with Crippen LogP contribution in [0.2, 0.25) is 0 Å². The predicted octanol–water partition coefficient (Wildman–Crippen LogP) is 1.43. The fraction of sp³-hybridized carbons (Fsp3) is 0. The van der Waals surface area contributed by atoms with Gasteiger partial charge in [-0.2, -0.15) is 0 Å². The van der Waals surface area contributed by atoms with Crippen molar-refractivity contribution in [2.24, 2.45) is 0 Å². The van der Waals surface area contributed by atoms with Crippen LogP contribution in [0.15, 0.2) is 12.1 Å². The maximum Gasteiger partial charge on any atom is 0.166 e. The Morgan fingerprint density at radius 2 is 2.38 bits per heavy atom. The van der Waals surface area contributed by atoms with Crippen LogP contribution in [0.25, 0.3) is 0 Å². The molecule has 0 aliphatic rings. The Morgan fingerprint density at radius 3 is 2.62 bits per heavy atom. The van der Waals surface area contributed by atoms with E-state index in [4.69, 9.17) is 0 Å². The summed E-state index contributed by atoms with van der Waals surface area (Å²) < 4.78 is 0.990. The highest BCUT2D eigenvalue weighted by atomic mass is 127. The van der Waals surface area contributed by atoms with Crippen molar-refractivity contribution in [3.05, 3.63) is 21.5 Å². The van der Waals surface area contributed by atoms with E-state index in [9.17, 15) is 4.79 Å². The van der Waals surface area contributed by atoms with Crippen molar-refractivity contribution in [2.75, 3.05) is 0 Å². The van der Waals surface area contributed by atoms with E-state index in [1.165, 1.54) is 0 Å². The van der Waals surface area contributed by atoms with Gasteiger partial charge in [0, 0.05) is 0 Å². The quantitative estimate of drug-likeness (QED) is 0.564. The molecule has 1 aromatic heterocycles. The largest absolute Gasteiger partial charge is 0.348 e. The fourth-order valence-corrected chi connectivity index (χ4v) is 0.944. The summed E-state index contributed by atoms with van der Waals surface area (Å²) in [6, 6.07) is 3.60. The van der Waals surface area contributed by atoms with Crippen molar-refractivity contribution >= 4 is 28.9 Å². The second kappa shape index (κ2) is 2.30. The average molecular weight is 221 g/mol. The second-order valence-electron chi connectivity index (χ2n) is 1.38. The van der Waals surface area contributed by atoms with E-state index in [2.05, 4.69) is 27.6 Å². The molecule has 1 heterocycles. The van der Waals surface area contributed by atoms with Gasteiger partial charge in [-0.05, 0) is 34.7 Å². The number of hydrogen-bond donors (Lipinski definition) is 1. The van der Waals surface area contributed by atoms with Crippen molar-refractivity contribution in [3.63, 3.8) is 0 Å². The van der Waals surface area contributed by atoms with Gasteiger partial charge in [0.05, 0.1) is 9.39 Å². The van der Waals surface area contributed by atoms with E-state index in [1.54, 1.807) is 6.07 Å². The third-order valence-electron chi connectivity index (χ3n) is 0.800. The highest BCUT2D eigenvalue weighted by molar-refractivity contribution is 14.1. The normalized spacial score (nSPS) is 9.12. The number of carbonyl (C=O) groups excluding carboxylic acids is 1. The summed E-state index contributed by atoms with van der Waals surface area (Å²) in [5.74, 6) is 0. The van der Waals surface area contributed by atoms with Crippen LogP contribution < -0.4 is 0 Å². The van der Waals surface area contributed by atoms with Crippen LogP contribution >= 0.6 is 22.6 Å². The predicted molar refractivity (Wildman–Crippen MR) is 38.9 cm³/mol. The summed E-state index contributed by atoms with van der Waals surface area (Å²) in [7, 11) is 0. The number of rotatable bonds is 1. The molecule has 3 heteroatoms. The molecule has 1 aromatic rings. The van der Waals surface area contributed by atoms with E-state index < -0.39 is 0 Å². The van der Waals surface area contributed by atoms with E-state index in [1.807, 2.05) is 6.07 Å². The van der Waals surface area contributed by atoms with Gasteiger partial charge in [-0.15, -0.1) is 0 Å². The van der Waals surface area contributed by atoms with E-state index in [0.29, 0.717) is 5.69 Å². The lowest BCUT2D eigenvalue weighted by Crippen LogP contribution is -1.75. The van der Waals surface area contributed by atoms with Crippen molar-refractivity contribution < 1.29 is 4.79 Å². The van der Waals surface area contributed by atoms with Crippen LogP contribution in [0.1, 0.15) is 10.5 Å². The molecule has 0 amide bonds. The van der Waals surface area contributed by atoms with Gasteiger partial charge in [0.15, 0.2) is 6.29 Å². The molecule has 0 unspecified atom stereocenters. The summed E-state index contributed by atoms with van der Waals surface area (Å²) in [5.41, 5.74) is 0.634. The molecule has 0 aliphatic heterocycles. The number of hydrogen-bond acceptors (Lipinski definition) is 1. The summed E-state index contributed by atoms with van der Waals surface area (Å²) in [4.78, 5) is 12.8. The van der Waals surface area contributed by atoms with Crippen LogP contribution in [0, 0.1) is 3.70 Å². The molecule has 0 aliphatic carbocycles. The summed E-state index contributed by atoms with van der Waals surface area (Å²) in [6.07, 6.45) is 0.794. The van der Waals surface area contributed by atoms with E-state index >= 15 is 0 Å². The second-order valence-corrected chi connectivity index (χ2v) is 2.54. The molecule has 0 radical (unpaired) electrons. The molecule has 0 fully saturated rings. The number of halogens is 1. The minimum absolute atomic E-state index is 0.634. The molecule has 1 N–H and O–H groups in total. The zero-order valence-electron chi connectivity index (χ0n) is 4.02. The number of H-pyrrole nitrogens is 1. The molecular weight excluding hydrogens is 217 g/mol. The molecule has 0 atom stereocenters. The van der Waals surface area contributed by atoms with Crippen LogP contribution in [0.4, 0.5) is 0 Å². The lowest BCUT2D eigenvalue weighted by Gasteiger charge is -1.75. The Labute approximate surface area is 60.4 Å². The SMILES string of the molecule is O=Cc1ccc(I)[nH]1. The molecule has 42 valence electrons. The smallest absolute Gasteiger partial charge is 0.166 e. The van der Waals surface area contributed by atoms with Gasteiger partial charge in [-0.3, -0.25) is 4.79 Å². The first-order valence-corrected chi connectivity index (χ1v) is 3.20. The van der Waals surface area contributed by atoms with Crippen molar-refractivity contribution in [1.82, 2.24) is 4.98 Å². The maximum atomic E-state index is 9.99. The lowest BCUT2D eigenvalue weighted by atomic mass is 10.5. The Hall–Kier alpha value is -0.320. The van der Waals surface area contributed by atoms with Crippen molar-refractivity contribution in [1.29, 1.82) is 0 Å². The monoisotopic (exact) mass is 221 g/mol. The minimum atomic E-state index is 0.634. The molecule has 0 saturated carbocycles. The van der Waals surface area contributed by atoms with Crippen LogP contribution in [0.5, 0.6) is 0 Å². The highest BCUT2D eigenvalue weighted by Gasteiger charge is 1.89. The Kier molecular flexibility index (Phi) is 1.67.